The van der Waals surface area contributed by atoms with E-state index in [-0.39, 0.29) is 5.91 Å². The van der Waals surface area contributed by atoms with Gasteiger partial charge in [0.05, 0.1) is 19.8 Å². The molecule has 1 amide bonds. The molecule has 1 heterocycles. The van der Waals surface area contributed by atoms with Gasteiger partial charge in [0.25, 0.3) is 5.91 Å². The summed E-state index contributed by atoms with van der Waals surface area (Å²) in [5.41, 5.74) is 1.69. The smallest absolute Gasteiger partial charge is 0.251 e. The lowest BCUT2D eigenvalue weighted by atomic mass is 10.0. The number of nitrogens with one attached hydrogen (secondary N) is 1. The lowest BCUT2D eigenvalue weighted by molar-refractivity contribution is 0.00672. The van der Waals surface area contributed by atoms with Crippen molar-refractivity contribution in [2.24, 2.45) is 5.92 Å². The summed E-state index contributed by atoms with van der Waals surface area (Å²) in [5.74, 6) is 0.454. The van der Waals surface area contributed by atoms with E-state index in [1.54, 1.807) is 7.11 Å². The molecule has 0 spiro atoms. The largest absolute Gasteiger partial charge is 0.380 e. The molecule has 128 valence electrons. The average Bonchev–Trinajstić information content (AvgIpc) is 2.56. The molecule has 0 aliphatic carbocycles. The van der Waals surface area contributed by atoms with E-state index in [0.717, 1.165) is 31.9 Å². The highest BCUT2D eigenvalue weighted by Gasteiger charge is 2.24. The molecule has 0 radical (unpaired) electrons. The van der Waals surface area contributed by atoms with Gasteiger partial charge in [-0.1, -0.05) is 26.0 Å². The van der Waals surface area contributed by atoms with Gasteiger partial charge in [0.15, 0.2) is 0 Å². The van der Waals surface area contributed by atoms with Crippen LogP contribution in [0.25, 0.3) is 0 Å². The second-order valence-corrected chi connectivity index (χ2v) is 6.30. The summed E-state index contributed by atoms with van der Waals surface area (Å²) in [6.07, 6.45) is 0. The Morgan fingerprint density at radius 3 is 2.74 bits per heavy atom. The average molecular weight is 320 g/mol. The summed E-state index contributed by atoms with van der Waals surface area (Å²) in [6.45, 7) is 8.99. The van der Waals surface area contributed by atoms with E-state index in [2.05, 4.69) is 24.1 Å². The molecule has 0 bridgehead atoms. The van der Waals surface area contributed by atoms with E-state index in [9.17, 15) is 4.79 Å². The predicted octanol–water partition coefficient (Wildman–Crippen LogP) is 1.92. The lowest BCUT2D eigenvalue weighted by Gasteiger charge is -2.36. The Balaban J connectivity index is 1.94. The van der Waals surface area contributed by atoms with Crippen LogP contribution in [0.15, 0.2) is 24.3 Å². The van der Waals surface area contributed by atoms with Crippen LogP contribution in [-0.4, -0.2) is 56.8 Å². The Hall–Kier alpha value is -1.43. The zero-order valence-corrected chi connectivity index (χ0v) is 14.4. The van der Waals surface area contributed by atoms with Crippen molar-refractivity contribution in [3.05, 3.63) is 35.4 Å². The number of hydrogen-bond acceptors (Lipinski definition) is 4. The Labute approximate surface area is 139 Å². The first-order valence-corrected chi connectivity index (χ1v) is 8.29. The van der Waals surface area contributed by atoms with Gasteiger partial charge in [-0.3, -0.25) is 9.69 Å². The third-order valence-electron chi connectivity index (χ3n) is 4.26. The molecule has 1 aromatic rings. The predicted molar refractivity (Wildman–Crippen MR) is 90.5 cm³/mol. The normalized spacial score (nSPS) is 17.2. The molecule has 1 aliphatic rings. The molecule has 5 heteroatoms. The second-order valence-electron chi connectivity index (χ2n) is 6.30. The molecule has 1 aliphatic heterocycles. The van der Waals surface area contributed by atoms with Crippen molar-refractivity contribution in [2.75, 3.05) is 40.0 Å². The van der Waals surface area contributed by atoms with E-state index in [1.165, 1.54) is 0 Å². The number of carbonyl (C=O) groups is 1. The lowest BCUT2D eigenvalue weighted by Crippen LogP contribution is -2.51. The first-order chi connectivity index (χ1) is 11.1. The van der Waals surface area contributed by atoms with E-state index in [1.807, 2.05) is 24.3 Å². The molecule has 1 unspecified atom stereocenters. The van der Waals surface area contributed by atoms with Gasteiger partial charge in [0.1, 0.15) is 0 Å². The van der Waals surface area contributed by atoms with Crippen LogP contribution < -0.4 is 5.32 Å². The van der Waals surface area contributed by atoms with Crippen molar-refractivity contribution in [1.82, 2.24) is 10.2 Å². The number of ether oxygens (including phenoxy) is 2. The Morgan fingerprint density at radius 1 is 1.35 bits per heavy atom. The molecule has 5 nitrogen and oxygen atoms in total. The molecule has 2 rings (SSSR count). The molecule has 1 N–H and O–H groups in total. The molecule has 1 fully saturated rings. The zero-order chi connectivity index (χ0) is 16.7. The number of carbonyl (C=O) groups excluding carboxylic acids is 1. The molecule has 1 atom stereocenters. The van der Waals surface area contributed by atoms with E-state index in [4.69, 9.17) is 9.47 Å². The molecule has 0 saturated carbocycles. The number of benzene rings is 1. The van der Waals surface area contributed by atoms with Crippen LogP contribution in [0, 0.1) is 5.92 Å². The third-order valence-corrected chi connectivity index (χ3v) is 4.26. The first kappa shape index (κ1) is 17.9. The standard InChI is InChI=1S/C18H28N2O3/c1-14(2)17(20-7-9-23-10-8-20)12-19-18(21)16-6-4-5-15(11-16)13-22-3/h4-6,11,14,17H,7-10,12-13H2,1-3H3,(H,19,21). The third kappa shape index (κ3) is 5.30. The number of morpholine rings is 1. The van der Waals surface area contributed by atoms with Crippen LogP contribution in [0.4, 0.5) is 0 Å². The maximum Gasteiger partial charge on any atom is 0.251 e. The van der Waals surface area contributed by atoms with Gasteiger partial charge >= 0.3 is 0 Å². The summed E-state index contributed by atoms with van der Waals surface area (Å²) in [4.78, 5) is 14.8. The molecular formula is C18H28N2O3. The van der Waals surface area contributed by atoms with Crippen LogP contribution >= 0.6 is 0 Å². The fourth-order valence-corrected chi connectivity index (χ4v) is 2.96. The summed E-state index contributed by atoms with van der Waals surface area (Å²) >= 11 is 0. The van der Waals surface area contributed by atoms with Gasteiger partial charge in [-0.25, -0.2) is 0 Å². The summed E-state index contributed by atoms with van der Waals surface area (Å²) in [6, 6.07) is 7.92. The van der Waals surface area contributed by atoms with E-state index in [0.29, 0.717) is 30.7 Å². The molecule has 1 aromatic carbocycles. The van der Waals surface area contributed by atoms with Crippen molar-refractivity contribution < 1.29 is 14.3 Å². The fraction of sp³-hybridized carbons (Fsp3) is 0.611. The number of amides is 1. The monoisotopic (exact) mass is 320 g/mol. The minimum absolute atomic E-state index is 0.0261. The second kappa shape index (κ2) is 9.01. The van der Waals surface area contributed by atoms with E-state index < -0.39 is 0 Å². The molecular weight excluding hydrogens is 292 g/mol. The van der Waals surface area contributed by atoms with Crippen molar-refractivity contribution >= 4 is 5.91 Å². The van der Waals surface area contributed by atoms with Gasteiger partial charge in [-0.05, 0) is 23.6 Å². The number of hydrogen-bond donors (Lipinski definition) is 1. The Kier molecular flexibility index (Phi) is 7.02. The topological polar surface area (TPSA) is 50.8 Å². The maximum atomic E-state index is 12.4. The minimum Gasteiger partial charge on any atom is -0.380 e. The Bertz CT molecular complexity index is 499. The first-order valence-electron chi connectivity index (χ1n) is 8.29. The Morgan fingerprint density at radius 2 is 2.09 bits per heavy atom. The quantitative estimate of drug-likeness (QED) is 0.834. The van der Waals surface area contributed by atoms with Gasteiger partial charge in [0.2, 0.25) is 0 Å². The summed E-state index contributed by atoms with van der Waals surface area (Å²) in [5, 5.41) is 3.08. The summed E-state index contributed by atoms with van der Waals surface area (Å²) in [7, 11) is 1.66. The van der Waals surface area contributed by atoms with Crippen molar-refractivity contribution in [3.8, 4) is 0 Å². The SMILES string of the molecule is COCc1cccc(C(=O)NCC(C(C)C)N2CCOCC2)c1. The molecule has 23 heavy (non-hydrogen) atoms. The summed E-state index contributed by atoms with van der Waals surface area (Å²) < 4.78 is 10.5. The number of nitrogens with zero attached hydrogens (tertiary/aromatic N) is 1. The molecule has 0 aromatic heterocycles. The van der Waals surface area contributed by atoms with Crippen molar-refractivity contribution in [2.45, 2.75) is 26.5 Å². The van der Waals surface area contributed by atoms with Crippen molar-refractivity contribution in [3.63, 3.8) is 0 Å². The zero-order valence-electron chi connectivity index (χ0n) is 14.4. The van der Waals surface area contributed by atoms with Gasteiger partial charge in [0, 0.05) is 38.3 Å². The van der Waals surface area contributed by atoms with Crippen LogP contribution in [0.3, 0.4) is 0 Å². The highest BCUT2D eigenvalue weighted by atomic mass is 16.5. The van der Waals surface area contributed by atoms with Gasteiger partial charge in [-0.15, -0.1) is 0 Å². The highest BCUT2D eigenvalue weighted by Crippen LogP contribution is 2.13. The van der Waals surface area contributed by atoms with Crippen molar-refractivity contribution in [1.29, 1.82) is 0 Å². The minimum atomic E-state index is -0.0261. The molecule has 1 saturated heterocycles. The number of rotatable bonds is 7. The van der Waals surface area contributed by atoms with Gasteiger partial charge < -0.3 is 14.8 Å². The van der Waals surface area contributed by atoms with Crippen LogP contribution in [-0.2, 0) is 16.1 Å². The van der Waals surface area contributed by atoms with E-state index >= 15 is 0 Å². The van der Waals surface area contributed by atoms with Gasteiger partial charge in [-0.2, -0.15) is 0 Å². The highest BCUT2D eigenvalue weighted by molar-refractivity contribution is 5.94. The number of methoxy groups -OCH3 is 1. The fourth-order valence-electron chi connectivity index (χ4n) is 2.96. The van der Waals surface area contributed by atoms with Crippen LogP contribution in [0.2, 0.25) is 0 Å². The van der Waals surface area contributed by atoms with Crippen LogP contribution in [0.5, 0.6) is 0 Å². The van der Waals surface area contributed by atoms with Crippen LogP contribution in [0.1, 0.15) is 29.8 Å². The maximum absolute atomic E-state index is 12.4.